The van der Waals surface area contributed by atoms with Crippen molar-refractivity contribution in [3.8, 4) is 5.88 Å². The molecule has 4 atom stereocenters. The summed E-state index contributed by atoms with van der Waals surface area (Å²) in [5.41, 5.74) is -0.959. The number of nitrogens with one attached hydrogen (secondary N) is 1. The number of alkyl halides is 3. The number of halogens is 4. The summed E-state index contributed by atoms with van der Waals surface area (Å²) in [4.78, 5) is 15.6. The van der Waals surface area contributed by atoms with Gasteiger partial charge in [0.1, 0.15) is 5.02 Å². The van der Waals surface area contributed by atoms with Gasteiger partial charge in [0.05, 0.1) is 5.56 Å². The summed E-state index contributed by atoms with van der Waals surface area (Å²) < 4.78 is 42.9. The second-order valence-corrected chi connectivity index (χ2v) is 7.40. The number of carbonyl (C=O) groups excluding carboxylic acids is 1. The molecule has 2 aliphatic rings. The predicted molar refractivity (Wildman–Crippen MR) is 86.3 cm³/mol. The highest BCUT2D eigenvalue weighted by Crippen LogP contribution is 2.49. The van der Waals surface area contributed by atoms with Gasteiger partial charge in [0.15, 0.2) is 6.61 Å². The SMILES string of the molecule is CC(NC(=O)COc1ncc(C(F)(F)F)cc1Cl)C1CC2CCC1C2. The van der Waals surface area contributed by atoms with Crippen LogP contribution in [0.2, 0.25) is 5.02 Å². The zero-order chi connectivity index (χ0) is 18.2. The van der Waals surface area contributed by atoms with E-state index in [1.54, 1.807) is 0 Å². The van der Waals surface area contributed by atoms with E-state index in [0.717, 1.165) is 18.4 Å². The molecule has 2 aliphatic carbocycles. The van der Waals surface area contributed by atoms with Gasteiger partial charge in [-0.1, -0.05) is 18.0 Å². The lowest BCUT2D eigenvalue weighted by Gasteiger charge is -2.28. The Morgan fingerprint density at radius 2 is 2.20 bits per heavy atom. The summed E-state index contributed by atoms with van der Waals surface area (Å²) in [6.07, 6.45) is 1.05. The van der Waals surface area contributed by atoms with Crippen LogP contribution in [0.25, 0.3) is 0 Å². The minimum absolute atomic E-state index is 0.0578. The van der Waals surface area contributed by atoms with Crippen LogP contribution in [0, 0.1) is 17.8 Å². The van der Waals surface area contributed by atoms with Crippen molar-refractivity contribution in [3.63, 3.8) is 0 Å². The number of rotatable bonds is 5. The molecular weight excluding hydrogens is 357 g/mol. The van der Waals surface area contributed by atoms with E-state index in [2.05, 4.69) is 10.3 Å². The first kappa shape index (κ1) is 18.3. The summed E-state index contributed by atoms with van der Waals surface area (Å²) in [5, 5.41) is 2.64. The van der Waals surface area contributed by atoms with Crippen molar-refractivity contribution in [2.24, 2.45) is 17.8 Å². The van der Waals surface area contributed by atoms with Gasteiger partial charge in [-0.25, -0.2) is 4.98 Å². The normalized spacial score (nSPS) is 26.5. The first-order valence-corrected chi connectivity index (χ1v) is 8.76. The third-order valence-electron chi connectivity index (χ3n) is 5.30. The molecule has 3 rings (SSSR count). The smallest absolute Gasteiger partial charge is 0.417 e. The number of hydrogen-bond donors (Lipinski definition) is 1. The molecule has 2 fully saturated rings. The van der Waals surface area contributed by atoms with Crippen LogP contribution in [-0.4, -0.2) is 23.5 Å². The van der Waals surface area contributed by atoms with Crippen molar-refractivity contribution in [3.05, 3.63) is 22.8 Å². The fraction of sp³-hybridized carbons (Fsp3) is 0.647. The zero-order valence-electron chi connectivity index (χ0n) is 13.8. The van der Waals surface area contributed by atoms with E-state index in [0.29, 0.717) is 18.0 Å². The van der Waals surface area contributed by atoms with Crippen LogP contribution < -0.4 is 10.1 Å². The average Bonchev–Trinajstić information content (AvgIpc) is 3.15. The number of carbonyl (C=O) groups is 1. The Kier molecular flexibility index (Phi) is 5.14. The topological polar surface area (TPSA) is 51.2 Å². The monoisotopic (exact) mass is 376 g/mol. The third-order valence-corrected chi connectivity index (χ3v) is 5.57. The Morgan fingerprint density at radius 3 is 2.76 bits per heavy atom. The molecule has 0 aliphatic heterocycles. The molecule has 0 aromatic carbocycles. The number of aromatic nitrogens is 1. The van der Waals surface area contributed by atoms with Gasteiger partial charge >= 0.3 is 6.18 Å². The lowest BCUT2D eigenvalue weighted by atomic mass is 9.84. The lowest BCUT2D eigenvalue weighted by Crippen LogP contribution is -2.42. The number of ether oxygens (including phenoxy) is 1. The molecule has 1 amide bonds. The van der Waals surface area contributed by atoms with Gasteiger partial charge in [-0.3, -0.25) is 4.79 Å². The van der Waals surface area contributed by atoms with Gasteiger partial charge in [0.25, 0.3) is 5.91 Å². The highest BCUT2D eigenvalue weighted by atomic mass is 35.5. The molecule has 1 aromatic heterocycles. The third kappa shape index (κ3) is 4.19. The molecule has 1 aromatic rings. The van der Waals surface area contributed by atoms with Crippen molar-refractivity contribution < 1.29 is 22.7 Å². The van der Waals surface area contributed by atoms with Crippen molar-refractivity contribution in [1.82, 2.24) is 10.3 Å². The van der Waals surface area contributed by atoms with E-state index in [9.17, 15) is 18.0 Å². The Labute approximate surface area is 149 Å². The van der Waals surface area contributed by atoms with Crippen LogP contribution in [0.15, 0.2) is 12.3 Å². The Morgan fingerprint density at radius 1 is 1.44 bits per heavy atom. The molecule has 0 radical (unpaired) electrons. The van der Waals surface area contributed by atoms with Gasteiger partial charge in [0.2, 0.25) is 5.88 Å². The van der Waals surface area contributed by atoms with Gasteiger partial charge in [-0.2, -0.15) is 13.2 Å². The molecular formula is C17H20ClF3N2O2. The van der Waals surface area contributed by atoms with Crippen LogP contribution in [0.3, 0.4) is 0 Å². The standard InChI is InChI=1S/C17H20ClF3N2O2/c1-9(13-5-10-2-3-11(13)4-10)23-15(24)8-25-16-14(18)6-12(7-22-16)17(19,20)21/h6-7,9-11,13H,2-5,8H2,1H3,(H,23,24). The second-order valence-electron chi connectivity index (χ2n) is 6.99. The number of amides is 1. The van der Waals surface area contributed by atoms with Crippen molar-refractivity contribution in [2.75, 3.05) is 6.61 Å². The van der Waals surface area contributed by atoms with Crippen LogP contribution in [0.1, 0.15) is 38.2 Å². The first-order chi connectivity index (χ1) is 11.7. The predicted octanol–water partition coefficient (Wildman–Crippen LogP) is 4.07. The van der Waals surface area contributed by atoms with Crippen LogP contribution in [-0.2, 0) is 11.0 Å². The van der Waals surface area contributed by atoms with Crippen LogP contribution in [0.5, 0.6) is 5.88 Å². The first-order valence-electron chi connectivity index (χ1n) is 8.39. The minimum Gasteiger partial charge on any atom is -0.467 e. The second kappa shape index (κ2) is 7.02. The summed E-state index contributed by atoms with van der Waals surface area (Å²) in [7, 11) is 0. The van der Waals surface area contributed by atoms with Gasteiger partial charge in [0, 0.05) is 12.2 Å². The molecule has 25 heavy (non-hydrogen) atoms. The van der Waals surface area contributed by atoms with E-state index < -0.39 is 11.7 Å². The Hall–Kier alpha value is -1.50. The summed E-state index contributed by atoms with van der Waals surface area (Å²) in [6.45, 7) is 1.66. The highest BCUT2D eigenvalue weighted by Gasteiger charge is 2.42. The van der Waals surface area contributed by atoms with Crippen molar-refractivity contribution in [2.45, 2.75) is 44.8 Å². The largest absolute Gasteiger partial charge is 0.467 e. The van der Waals surface area contributed by atoms with E-state index in [1.165, 1.54) is 19.3 Å². The summed E-state index contributed by atoms with van der Waals surface area (Å²) >= 11 is 5.75. The molecule has 1 N–H and O–H groups in total. The lowest BCUT2D eigenvalue weighted by molar-refractivity contribution is -0.138. The molecule has 2 saturated carbocycles. The van der Waals surface area contributed by atoms with Gasteiger partial charge < -0.3 is 10.1 Å². The number of fused-ring (bicyclic) bond motifs is 2. The van der Waals surface area contributed by atoms with Gasteiger partial charge in [-0.15, -0.1) is 0 Å². The Bertz CT molecular complexity index is 653. The Balaban J connectivity index is 1.50. The van der Waals surface area contributed by atoms with Gasteiger partial charge in [-0.05, 0) is 50.0 Å². The molecule has 2 bridgehead atoms. The zero-order valence-corrected chi connectivity index (χ0v) is 14.5. The van der Waals surface area contributed by atoms with Crippen LogP contribution >= 0.6 is 11.6 Å². The van der Waals surface area contributed by atoms with E-state index >= 15 is 0 Å². The maximum Gasteiger partial charge on any atom is 0.417 e. The molecule has 0 saturated heterocycles. The number of nitrogens with zero attached hydrogens (tertiary/aromatic N) is 1. The van der Waals surface area contributed by atoms with E-state index in [4.69, 9.17) is 16.3 Å². The van der Waals surface area contributed by atoms with Crippen molar-refractivity contribution in [1.29, 1.82) is 0 Å². The molecule has 0 spiro atoms. The maximum atomic E-state index is 12.6. The summed E-state index contributed by atoms with van der Waals surface area (Å²) in [6, 6.07) is 0.794. The summed E-state index contributed by atoms with van der Waals surface area (Å²) in [5.74, 6) is 1.47. The fourth-order valence-electron chi connectivity index (χ4n) is 4.13. The molecule has 138 valence electrons. The van der Waals surface area contributed by atoms with Crippen molar-refractivity contribution >= 4 is 17.5 Å². The maximum absolute atomic E-state index is 12.6. The van der Waals surface area contributed by atoms with Crippen LogP contribution in [0.4, 0.5) is 13.2 Å². The molecule has 1 heterocycles. The highest BCUT2D eigenvalue weighted by molar-refractivity contribution is 6.31. The fourth-order valence-corrected chi connectivity index (χ4v) is 4.35. The molecule has 4 unspecified atom stereocenters. The number of pyridine rings is 1. The minimum atomic E-state index is -4.53. The van der Waals surface area contributed by atoms with E-state index in [1.807, 2.05) is 6.92 Å². The van der Waals surface area contributed by atoms with E-state index in [-0.39, 0.29) is 29.5 Å². The quantitative estimate of drug-likeness (QED) is 0.842. The average molecular weight is 377 g/mol. The molecule has 4 nitrogen and oxygen atoms in total. The number of hydrogen-bond acceptors (Lipinski definition) is 3. The molecule has 8 heteroatoms.